The Morgan fingerprint density at radius 3 is 2.79 bits per heavy atom. The lowest BCUT2D eigenvalue weighted by Crippen LogP contribution is -2.38. The molecular formula is C17H20FN3O3. The van der Waals surface area contributed by atoms with Crippen molar-refractivity contribution in [3.63, 3.8) is 0 Å². The van der Waals surface area contributed by atoms with E-state index < -0.39 is 5.82 Å². The zero-order chi connectivity index (χ0) is 17.1. The van der Waals surface area contributed by atoms with Gasteiger partial charge in [-0.25, -0.2) is 4.39 Å². The van der Waals surface area contributed by atoms with Gasteiger partial charge in [-0.2, -0.15) is 4.98 Å². The summed E-state index contributed by atoms with van der Waals surface area (Å²) in [5.74, 6) is 0.733. The Bertz CT molecular complexity index is 724. The number of likely N-dealkylation sites (tertiary alicyclic amines) is 1. The largest absolute Gasteiger partial charge is 0.490 e. The highest BCUT2D eigenvalue weighted by Gasteiger charge is 2.29. The molecule has 1 aliphatic heterocycles. The molecule has 0 radical (unpaired) electrons. The second-order valence-corrected chi connectivity index (χ2v) is 5.79. The van der Waals surface area contributed by atoms with E-state index >= 15 is 0 Å². The summed E-state index contributed by atoms with van der Waals surface area (Å²) in [5.41, 5.74) is 0.269. The molecule has 1 fully saturated rings. The first-order chi connectivity index (χ1) is 11.6. The van der Waals surface area contributed by atoms with Crippen LogP contribution in [0.15, 0.2) is 22.7 Å². The van der Waals surface area contributed by atoms with Crippen LogP contribution < -0.4 is 4.74 Å². The molecule has 2 heterocycles. The molecule has 0 saturated carbocycles. The Hall–Kier alpha value is -2.44. The molecule has 1 aromatic carbocycles. The van der Waals surface area contributed by atoms with Crippen LogP contribution in [0.25, 0.3) is 0 Å². The van der Waals surface area contributed by atoms with Gasteiger partial charge in [0, 0.05) is 25.9 Å². The van der Waals surface area contributed by atoms with Gasteiger partial charge in [-0.05, 0) is 31.9 Å². The molecule has 2 aromatic rings. The van der Waals surface area contributed by atoms with Gasteiger partial charge >= 0.3 is 0 Å². The van der Waals surface area contributed by atoms with Gasteiger partial charge in [0.2, 0.25) is 5.89 Å². The van der Waals surface area contributed by atoms with Gasteiger partial charge in [-0.1, -0.05) is 11.2 Å². The molecule has 3 rings (SSSR count). The van der Waals surface area contributed by atoms with E-state index in [0.29, 0.717) is 31.4 Å². The number of aromatic nitrogens is 2. The minimum atomic E-state index is -0.514. The minimum absolute atomic E-state index is 0.0286. The van der Waals surface area contributed by atoms with Gasteiger partial charge in [-0.3, -0.25) is 4.79 Å². The van der Waals surface area contributed by atoms with Crippen LogP contribution >= 0.6 is 0 Å². The number of amides is 1. The third-order valence-electron chi connectivity index (χ3n) is 4.18. The van der Waals surface area contributed by atoms with Crippen LogP contribution in [-0.2, 0) is 0 Å². The lowest BCUT2D eigenvalue weighted by Gasteiger charge is -2.31. The Morgan fingerprint density at radius 2 is 2.17 bits per heavy atom. The van der Waals surface area contributed by atoms with Gasteiger partial charge in [0.05, 0.1) is 12.2 Å². The van der Waals surface area contributed by atoms with Crippen LogP contribution in [0.4, 0.5) is 4.39 Å². The molecule has 7 heteroatoms. The van der Waals surface area contributed by atoms with Crippen molar-refractivity contribution in [3.8, 4) is 5.75 Å². The van der Waals surface area contributed by atoms with Crippen molar-refractivity contribution in [3.05, 3.63) is 41.3 Å². The maximum atomic E-state index is 13.9. The van der Waals surface area contributed by atoms with Gasteiger partial charge in [0.15, 0.2) is 17.4 Å². The van der Waals surface area contributed by atoms with Crippen molar-refractivity contribution < 1.29 is 18.4 Å². The Morgan fingerprint density at radius 1 is 1.42 bits per heavy atom. The molecular weight excluding hydrogens is 313 g/mol. The number of hydrogen-bond donors (Lipinski definition) is 0. The van der Waals surface area contributed by atoms with Crippen molar-refractivity contribution in [2.24, 2.45) is 0 Å². The number of ether oxygens (including phenoxy) is 1. The fourth-order valence-corrected chi connectivity index (χ4v) is 2.96. The van der Waals surface area contributed by atoms with Crippen molar-refractivity contribution in [2.45, 2.75) is 32.6 Å². The monoisotopic (exact) mass is 333 g/mol. The van der Waals surface area contributed by atoms with Crippen LogP contribution in [0.3, 0.4) is 0 Å². The number of carbonyl (C=O) groups excluding carboxylic acids is 1. The molecule has 128 valence electrons. The van der Waals surface area contributed by atoms with Gasteiger partial charge in [0.25, 0.3) is 5.91 Å². The maximum Gasteiger partial charge on any atom is 0.257 e. The molecule has 0 spiro atoms. The lowest BCUT2D eigenvalue weighted by molar-refractivity contribution is 0.0705. The number of benzene rings is 1. The van der Waals surface area contributed by atoms with Gasteiger partial charge in [-0.15, -0.1) is 0 Å². The summed E-state index contributed by atoms with van der Waals surface area (Å²) in [5, 5.41) is 3.96. The second kappa shape index (κ2) is 6.98. The predicted molar refractivity (Wildman–Crippen MR) is 84.5 cm³/mol. The maximum absolute atomic E-state index is 13.9. The molecule has 0 unspecified atom stereocenters. The van der Waals surface area contributed by atoms with E-state index in [9.17, 15) is 9.18 Å². The molecule has 0 N–H and O–H groups in total. The number of hydrogen-bond acceptors (Lipinski definition) is 5. The molecule has 24 heavy (non-hydrogen) atoms. The first-order valence-corrected chi connectivity index (χ1v) is 8.11. The summed E-state index contributed by atoms with van der Waals surface area (Å²) in [4.78, 5) is 18.7. The number of halogens is 1. The van der Waals surface area contributed by atoms with Crippen LogP contribution in [-0.4, -0.2) is 40.6 Å². The third-order valence-corrected chi connectivity index (χ3v) is 4.18. The van der Waals surface area contributed by atoms with E-state index in [4.69, 9.17) is 9.26 Å². The molecule has 0 bridgehead atoms. The number of aryl methyl sites for hydroxylation is 1. The average molecular weight is 333 g/mol. The fourth-order valence-electron chi connectivity index (χ4n) is 2.96. The zero-order valence-corrected chi connectivity index (χ0v) is 13.8. The number of para-hydroxylation sites is 1. The van der Waals surface area contributed by atoms with E-state index in [1.54, 1.807) is 24.8 Å². The number of piperidine rings is 1. The third kappa shape index (κ3) is 3.25. The summed E-state index contributed by atoms with van der Waals surface area (Å²) >= 11 is 0. The molecule has 1 saturated heterocycles. The quantitative estimate of drug-likeness (QED) is 0.860. The lowest BCUT2D eigenvalue weighted by atomic mass is 9.95. The van der Waals surface area contributed by atoms with Crippen LogP contribution in [0, 0.1) is 12.7 Å². The molecule has 0 atom stereocenters. The van der Waals surface area contributed by atoms with Crippen molar-refractivity contribution in [1.82, 2.24) is 15.0 Å². The highest BCUT2D eigenvalue weighted by molar-refractivity contribution is 5.97. The van der Waals surface area contributed by atoms with Gasteiger partial charge < -0.3 is 14.2 Å². The number of carbonyl (C=O) groups is 1. The zero-order valence-electron chi connectivity index (χ0n) is 13.8. The van der Waals surface area contributed by atoms with E-state index in [0.717, 1.165) is 12.8 Å². The van der Waals surface area contributed by atoms with Crippen LogP contribution in [0.1, 0.15) is 47.8 Å². The summed E-state index contributed by atoms with van der Waals surface area (Å²) in [6.07, 6.45) is 1.51. The van der Waals surface area contributed by atoms with Gasteiger partial charge in [0.1, 0.15) is 0 Å². The number of rotatable bonds is 4. The smallest absolute Gasteiger partial charge is 0.257 e. The second-order valence-electron chi connectivity index (χ2n) is 5.79. The average Bonchev–Trinajstić information content (AvgIpc) is 3.03. The normalized spacial score (nSPS) is 15.5. The summed E-state index contributed by atoms with van der Waals surface area (Å²) in [6.45, 7) is 4.96. The Labute approximate surface area is 139 Å². The van der Waals surface area contributed by atoms with E-state index in [1.807, 2.05) is 0 Å². The summed E-state index contributed by atoms with van der Waals surface area (Å²) in [6, 6.07) is 4.43. The van der Waals surface area contributed by atoms with Crippen molar-refractivity contribution in [2.75, 3.05) is 19.7 Å². The highest BCUT2D eigenvalue weighted by Crippen LogP contribution is 2.29. The predicted octanol–water partition coefficient (Wildman–Crippen LogP) is 2.94. The van der Waals surface area contributed by atoms with Crippen molar-refractivity contribution in [1.29, 1.82) is 0 Å². The molecule has 0 aliphatic carbocycles. The highest BCUT2D eigenvalue weighted by atomic mass is 19.1. The molecule has 1 aliphatic rings. The van der Waals surface area contributed by atoms with E-state index in [2.05, 4.69) is 10.1 Å². The van der Waals surface area contributed by atoms with Crippen LogP contribution in [0.5, 0.6) is 5.75 Å². The minimum Gasteiger partial charge on any atom is -0.490 e. The standard InChI is InChI=1S/C17H20FN3O3/c1-3-23-15-13(5-4-6-14(15)18)17(22)21-9-7-12(8-10-21)16-19-11(2)24-20-16/h4-6,12H,3,7-10H2,1-2H3. The van der Waals surface area contributed by atoms with Crippen LogP contribution in [0.2, 0.25) is 0 Å². The topological polar surface area (TPSA) is 68.5 Å². The van der Waals surface area contributed by atoms with Crippen molar-refractivity contribution >= 4 is 5.91 Å². The molecule has 1 aromatic heterocycles. The molecule has 6 nitrogen and oxygen atoms in total. The molecule has 1 amide bonds. The Balaban J connectivity index is 1.70. The summed E-state index contributed by atoms with van der Waals surface area (Å²) < 4.78 is 24.3. The SMILES string of the molecule is CCOc1c(F)cccc1C(=O)N1CCC(c2noc(C)n2)CC1. The van der Waals surface area contributed by atoms with E-state index in [-0.39, 0.29) is 23.1 Å². The fraction of sp³-hybridized carbons (Fsp3) is 0.471. The number of nitrogens with zero attached hydrogens (tertiary/aromatic N) is 3. The first-order valence-electron chi connectivity index (χ1n) is 8.11. The summed E-state index contributed by atoms with van der Waals surface area (Å²) in [7, 11) is 0. The van der Waals surface area contributed by atoms with E-state index in [1.165, 1.54) is 12.1 Å². The first kappa shape index (κ1) is 16.4. The Kier molecular flexibility index (Phi) is 4.78.